The summed E-state index contributed by atoms with van der Waals surface area (Å²) in [6.45, 7) is 1.85. The molecule has 0 fully saturated rings. The Balaban J connectivity index is 1.80. The summed E-state index contributed by atoms with van der Waals surface area (Å²) in [5.74, 6) is -1.10. The predicted octanol–water partition coefficient (Wildman–Crippen LogP) is 3.88. The van der Waals surface area contributed by atoms with Gasteiger partial charge in [0.2, 0.25) is 0 Å². The maximum atomic E-state index is 12.3. The topological polar surface area (TPSA) is 104 Å². The van der Waals surface area contributed by atoms with Gasteiger partial charge in [-0.05, 0) is 31.2 Å². The molecule has 2 heterocycles. The molecule has 0 unspecified atom stereocenters. The molecule has 0 saturated carbocycles. The Bertz CT molecular complexity index is 1190. The molecule has 0 atom stereocenters. The first-order chi connectivity index (χ1) is 13.6. The summed E-state index contributed by atoms with van der Waals surface area (Å²) in [6, 6.07) is 14.6. The molecule has 2 aromatic carbocycles. The first kappa shape index (κ1) is 17.7. The number of nitrogens with one attached hydrogen (secondary N) is 2. The Morgan fingerprint density at radius 1 is 0.893 bits per heavy atom. The summed E-state index contributed by atoms with van der Waals surface area (Å²) in [5.41, 5.74) is 2.30. The van der Waals surface area contributed by atoms with Crippen LogP contribution < -0.4 is 4.74 Å². The van der Waals surface area contributed by atoms with Gasteiger partial charge >= 0.3 is 11.9 Å². The molecule has 7 nitrogen and oxygen atoms in total. The van der Waals surface area contributed by atoms with E-state index < -0.39 is 18.4 Å². The molecule has 28 heavy (non-hydrogen) atoms. The Morgan fingerprint density at radius 3 is 2.18 bits per heavy atom. The van der Waals surface area contributed by atoms with Gasteiger partial charge in [0.05, 0.1) is 6.61 Å². The zero-order valence-corrected chi connectivity index (χ0v) is 15.1. The van der Waals surface area contributed by atoms with Gasteiger partial charge < -0.3 is 24.5 Å². The van der Waals surface area contributed by atoms with Crippen molar-refractivity contribution in [3.8, 4) is 22.9 Å². The zero-order chi connectivity index (χ0) is 19.7. The highest BCUT2D eigenvalue weighted by atomic mass is 16.6. The number of hydrogen-bond donors (Lipinski definition) is 3. The number of aromatic amines is 2. The highest BCUT2D eigenvalue weighted by molar-refractivity contribution is 6.02. The van der Waals surface area contributed by atoms with Gasteiger partial charge in [-0.25, -0.2) is 0 Å². The number of esters is 2. The number of hydrogen-bond acceptors (Lipinski definition) is 5. The maximum absolute atomic E-state index is 12.3. The second-order valence-electron chi connectivity index (χ2n) is 6.22. The number of carbonyl (C=O) groups is 2. The third-order valence-electron chi connectivity index (χ3n) is 4.40. The predicted molar refractivity (Wildman–Crippen MR) is 104 cm³/mol. The van der Waals surface area contributed by atoms with E-state index in [1.165, 1.54) is 0 Å². The van der Waals surface area contributed by atoms with Crippen molar-refractivity contribution in [3.05, 3.63) is 48.5 Å². The number of ether oxygens (including phenoxy) is 2. The van der Waals surface area contributed by atoms with E-state index in [0.717, 1.165) is 11.0 Å². The van der Waals surface area contributed by atoms with Crippen LogP contribution >= 0.6 is 0 Å². The van der Waals surface area contributed by atoms with Gasteiger partial charge in [-0.15, -0.1) is 0 Å². The summed E-state index contributed by atoms with van der Waals surface area (Å²) in [7, 11) is 0. The quantitative estimate of drug-likeness (QED) is 0.361. The molecule has 4 rings (SSSR count). The largest absolute Gasteiger partial charge is 0.505 e. The van der Waals surface area contributed by atoms with Crippen LogP contribution in [0.4, 0.5) is 0 Å². The maximum Gasteiger partial charge on any atom is 0.322 e. The number of fused-ring (bicyclic) bond motifs is 2. The number of benzene rings is 2. The summed E-state index contributed by atoms with van der Waals surface area (Å²) in [6.07, 6.45) is -0.495. The Kier molecular flexibility index (Phi) is 4.49. The van der Waals surface area contributed by atoms with Crippen molar-refractivity contribution in [2.45, 2.75) is 13.3 Å². The van der Waals surface area contributed by atoms with E-state index >= 15 is 0 Å². The average molecular weight is 378 g/mol. The second kappa shape index (κ2) is 7.11. The van der Waals surface area contributed by atoms with Gasteiger partial charge in [0.15, 0.2) is 11.5 Å². The number of rotatable bonds is 5. The first-order valence-electron chi connectivity index (χ1n) is 8.85. The number of H-pyrrole nitrogens is 2. The van der Waals surface area contributed by atoms with E-state index in [1.807, 2.05) is 36.4 Å². The number of aromatic hydroxyl groups is 1. The van der Waals surface area contributed by atoms with Crippen LogP contribution in [0.2, 0.25) is 0 Å². The molecular formula is C21H18N2O5. The standard InChI is InChI=1S/C21H18N2O5/c1-2-27-16(24)11-17(25)28-21-13-8-4-6-10-15(13)23-19(21)18-20(26)12-7-3-5-9-14(12)22-18/h3-10,22-23,26H,2,11H2,1H3. The Hall–Kier alpha value is -3.74. The third-order valence-corrected chi connectivity index (χ3v) is 4.40. The summed E-state index contributed by atoms with van der Waals surface area (Å²) < 4.78 is 10.3. The molecule has 142 valence electrons. The lowest BCUT2D eigenvalue weighted by Crippen LogP contribution is -2.16. The minimum atomic E-state index is -0.736. The molecule has 0 aliphatic heterocycles. The van der Waals surface area contributed by atoms with Crippen LogP contribution in [-0.2, 0) is 14.3 Å². The molecule has 0 amide bonds. The van der Waals surface area contributed by atoms with Crippen LogP contribution in [0.3, 0.4) is 0 Å². The minimum absolute atomic E-state index is 0.0462. The highest BCUT2D eigenvalue weighted by Crippen LogP contribution is 2.43. The van der Waals surface area contributed by atoms with Crippen molar-refractivity contribution in [1.82, 2.24) is 9.97 Å². The van der Waals surface area contributed by atoms with Gasteiger partial charge in [0.1, 0.15) is 17.8 Å². The molecule has 0 bridgehead atoms. The van der Waals surface area contributed by atoms with Crippen molar-refractivity contribution in [2.24, 2.45) is 0 Å². The van der Waals surface area contributed by atoms with E-state index in [-0.39, 0.29) is 18.1 Å². The lowest BCUT2D eigenvalue weighted by atomic mass is 10.2. The molecule has 0 radical (unpaired) electrons. The first-order valence-corrected chi connectivity index (χ1v) is 8.85. The van der Waals surface area contributed by atoms with E-state index in [1.54, 1.807) is 19.1 Å². The summed E-state index contributed by atoms with van der Waals surface area (Å²) in [4.78, 5) is 30.2. The van der Waals surface area contributed by atoms with Crippen LogP contribution in [0.25, 0.3) is 33.2 Å². The molecule has 2 aromatic heterocycles. The fourth-order valence-electron chi connectivity index (χ4n) is 3.19. The lowest BCUT2D eigenvalue weighted by Gasteiger charge is -2.06. The average Bonchev–Trinajstić information content (AvgIpc) is 3.20. The van der Waals surface area contributed by atoms with E-state index in [2.05, 4.69) is 9.97 Å². The smallest absolute Gasteiger partial charge is 0.322 e. The number of aromatic nitrogens is 2. The Morgan fingerprint density at radius 2 is 1.50 bits per heavy atom. The Labute approximate surface area is 159 Å². The van der Waals surface area contributed by atoms with Gasteiger partial charge in [-0.2, -0.15) is 0 Å². The second-order valence-corrected chi connectivity index (χ2v) is 6.22. The van der Waals surface area contributed by atoms with Crippen LogP contribution in [0, 0.1) is 0 Å². The minimum Gasteiger partial charge on any atom is -0.505 e. The van der Waals surface area contributed by atoms with Crippen molar-refractivity contribution >= 4 is 33.7 Å². The van der Waals surface area contributed by atoms with Gasteiger partial charge in [0.25, 0.3) is 0 Å². The number of para-hydroxylation sites is 2. The lowest BCUT2D eigenvalue weighted by molar-refractivity contribution is -0.149. The van der Waals surface area contributed by atoms with Crippen molar-refractivity contribution in [1.29, 1.82) is 0 Å². The molecule has 3 N–H and O–H groups in total. The normalized spacial score (nSPS) is 11.0. The van der Waals surface area contributed by atoms with Gasteiger partial charge in [-0.3, -0.25) is 9.59 Å². The molecule has 0 spiro atoms. The summed E-state index contributed by atoms with van der Waals surface area (Å²) >= 11 is 0. The summed E-state index contributed by atoms with van der Waals surface area (Å²) in [5, 5.41) is 12.0. The molecule has 7 heteroatoms. The van der Waals surface area contributed by atoms with Gasteiger partial charge in [-0.1, -0.05) is 24.3 Å². The van der Waals surface area contributed by atoms with Crippen LogP contribution in [0.15, 0.2) is 48.5 Å². The fourth-order valence-corrected chi connectivity index (χ4v) is 3.19. The monoisotopic (exact) mass is 378 g/mol. The van der Waals surface area contributed by atoms with Crippen LogP contribution in [0.5, 0.6) is 11.5 Å². The molecule has 0 saturated heterocycles. The molecule has 0 aliphatic carbocycles. The van der Waals surface area contributed by atoms with E-state index in [0.29, 0.717) is 22.2 Å². The molecule has 4 aromatic rings. The van der Waals surface area contributed by atoms with Crippen LogP contribution in [0.1, 0.15) is 13.3 Å². The van der Waals surface area contributed by atoms with Crippen molar-refractivity contribution < 1.29 is 24.2 Å². The van der Waals surface area contributed by atoms with Crippen molar-refractivity contribution in [2.75, 3.05) is 6.61 Å². The van der Waals surface area contributed by atoms with Crippen molar-refractivity contribution in [3.63, 3.8) is 0 Å². The van der Waals surface area contributed by atoms with Gasteiger partial charge in [0, 0.05) is 21.8 Å². The molecular weight excluding hydrogens is 360 g/mol. The fraction of sp³-hybridized carbons (Fsp3) is 0.143. The third kappa shape index (κ3) is 3.07. The molecule has 0 aliphatic rings. The van der Waals surface area contributed by atoms with E-state index in [9.17, 15) is 14.7 Å². The number of carbonyl (C=O) groups excluding carboxylic acids is 2. The van der Waals surface area contributed by atoms with E-state index in [4.69, 9.17) is 9.47 Å². The highest BCUT2D eigenvalue weighted by Gasteiger charge is 2.23. The SMILES string of the molecule is CCOC(=O)CC(=O)Oc1c(-c2[nH]c3ccccc3c2O)[nH]c2ccccc12. The zero-order valence-electron chi connectivity index (χ0n) is 15.1. The van der Waals surface area contributed by atoms with Crippen LogP contribution in [-0.4, -0.2) is 33.6 Å².